The first-order valence-electron chi connectivity index (χ1n) is 10.7. The highest BCUT2D eigenvalue weighted by Crippen LogP contribution is 2.31. The van der Waals surface area contributed by atoms with E-state index in [1.165, 1.54) is 45.2 Å². The molecule has 1 aromatic rings. The SMILES string of the molecule is CC(C)Oc1ccc(NC(N)=NCC2(N3CCCCC3)CCN(C)CC2)cc1.I. The molecule has 2 aliphatic rings. The number of nitrogens with zero attached hydrogens (tertiary/aromatic N) is 3. The standard InChI is InChI=1S/C22H37N5O.HI/c1-18(2)28-20-9-7-19(8-10-20)25-21(23)24-17-22(11-15-26(3)16-12-22)27-13-5-4-6-14-27;/h7-10,18H,4-6,11-17H2,1-3H3,(H3,23,24,25);1H. The van der Waals surface area contributed by atoms with Gasteiger partial charge in [-0.3, -0.25) is 9.89 Å². The summed E-state index contributed by atoms with van der Waals surface area (Å²) in [6, 6.07) is 7.88. The summed E-state index contributed by atoms with van der Waals surface area (Å²) in [4.78, 5) is 9.90. The first-order chi connectivity index (χ1) is 13.5. The van der Waals surface area contributed by atoms with E-state index in [1.54, 1.807) is 0 Å². The number of guanidine groups is 1. The third-order valence-electron chi connectivity index (χ3n) is 5.99. The van der Waals surface area contributed by atoms with Crippen LogP contribution in [-0.4, -0.2) is 67.2 Å². The molecular weight excluding hydrogens is 477 g/mol. The summed E-state index contributed by atoms with van der Waals surface area (Å²) in [5.74, 6) is 1.36. The van der Waals surface area contributed by atoms with Crippen LogP contribution in [0.25, 0.3) is 0 Å². The molecule has 1 aromatic carbocycles. The second-order valence-electron chi connectivity index (χ2n) is 8.59. The van der Waals surface area contributed by atoms with Crippen molar-refractivity contribution in [2.24, 2.45) is 10.7 Å². The van der Waals surface area contributed by atoms with Crippen LogP contribution in [0.2, 0.25) is 0 Å². The predicted molar refractivity (Wildman–Crippen MR) is 133 cm³/mol. The fourth-order valence-electron chi connectivity index (χ4n) is 4.29. The third kappa shape index (κ3) is 7.00. The van der Waals surface area contributed by atoms with Crippen LogP contribution in [0.15, 0.2) is 29.3 Å². The van der Waals surface area contributed by atoms with Gasteiger partial charge < -0.3 is 20.7 Å². The molecule has 2 fully saturated rings. The molecule has 7 heteroatoms. The summed E-state index contributed by atoms with van der Waals surface area (Å²) in [7, 11) is 2.21. The number of hydrogen-bond acceptors (Lipinski definition) is 4. The number of anilines is 1. The van der Waals surface area contributed by atoms with Crippen LogP contribution in [0.1, 0.15) is 46.0 Å². The third-order valence-corrected chi connectivity index (χ3v) is 5.99. The molecule has 0 bridgehead atoms. The second-order valence-corrected chi connectivity index (χ2v) is 8.59. The Labute approximate surface area is 193 Å². The number of nitrogens with one attached hydrogen (secondary N) is 1. The number of halogens is 1. The summed E-state index contributed by atoms with van der Waals surface area (Å²) in [6.45, 7) is 9.49. The summed E-state index contributed by atoms with van der Waals surface area (Å²) in [5, 5.41) is 3.23. The minimum absolute atomic E-state index is 0. The van der Waals surface area contributed by atoms with Crippen LogP contribution in [0.3, 0.4) is 0 Å². The van der Waals surface area contributed by atoms with Crippen molar-refractivity contribution >= 4 is 35.6 Å². The molecule has 0 atom stereocenters. The van der Waals surface area contributed by atoms with Gasteiger partial charge in [-0.2, -0.15) is 0 Å². The van der Waals surface area contributed by atoms with E-state index in [0.29, 0.717) is 5.96 Å². The lowest BCUT2D eigenvalue weighted by Crippen LogP contribution is -2.58. The molecule has 3 rings (SSSR count). The van der Waals surface area contributed by atoms with Gasteiger partial charge in [-0.25, -0.2) is 0 Å². The van der Waals surface area contributed by atoms with Crippen LogP contribution in [0, 0.1) is 0 Å². The number of nitrogens with two attached hydrogens (primary N) is 1. The van der Waals surface area contributed by atoms with Gasteiger partial charge in [0.05, 0.1) is 12.6 Å². The Morgan fingerprint density at radius 1 is 1.10 bits per heavy atom. The van der Waals surface area contributed by atoms with Crippen molar-refractivity contribution in [3.05, 3.63) is 24.3 Å². The zero-order valence-corrected chi connectivity index (χ0v) is 20.5. The molecule has 6 nitrogen and oxygen atoms in total. The highest BCUT2D eigenvalue weighted by atomic mass is 127. The Morgan fingerprint density at radius 2 is 1.72 bits per heavy atom. The van der Waals surface area contributed by atoms with Crippen LogP contribution < -0.4 is 15.8 Å². The highest BCUT2D eigenvalue weighted by Gasteiger charge is 2.39. The smallest absolute Gasteiger partial charge is 0.193 e. The summed E-state index contributed by atoms with van der Waals surface area (Å²) in [5.41, 5.74) is 7.33. The number of ether oxygens (including phenoxy) is 1. The van der Waals surface area contributed by atoms with Crippen molar-refractivity contribution in [2.75, 3.05) is 45.1 Å². The van der Waals surface area contributed by atoms with Gasteiger partial charge in [0.1, 0.15) is 5.75 Å². The minimum Gasteiger partial charge on any atom is -0.491 e. The van der Waals surface area contributed by atoms with Gasteiger partial charge in [-0.15, -0.1) is 24.0 Å². The lowest BCUT2D eigenvalue weighted by Gasteiger charge is -2.49. The molecule has 0 amide bonds. The van der Waals surface area contributed by atoms with Gasteiger partial charge in [-0.1, -0.05) is 6.42 Å². The molecule has 0 unspecified atom stereocenters. The largest absolute Gasteiger partial charge is 0.491 e. The molecule has 2 saturated heterocycles. The lowest BCUT2D eigenvalue weighted by atomic mass is 9.84. The number of piperidine rings is 2. The number of likely N-dealkylation sites (tertiary alicyclic amines) is 2. The van der Waals surface area contributed by atoms with Crippen molar-refractivity contribution in [1.29, 1.82) is 0 Å². The van der Waals surface area contributed by atoms with Crippen molar-refractivity contribution in [1.82, 2.24) is 9.80 Å². The number of benzene rings is 1. The maximum Gasteiger partial charge on any atom is 0.193 e. The zero-order valence-electron chi connectivity index (χ0n) is 18.2. The molecule has 2 aliphatic heterocycles. The molecule has 0 radical (unpaired) electrons. The molecule has 0 aliphatic carbocycles. The average Bonchev–Trinajstić information content (AvgIpc) is 2.70. The van der Waals surface area contributed by atoms with Crippen molar-refractivity contribution < 1.29 is 4.74 Å². The monoisotopic (exact) mass is 515 g/mol. The first-order valence-corrected chi connectivity index (χ1v) is 10.7. The maximum atomic E-state index is 6.24. The van der Waals surface area contributed by atoms with E-state index in [1.807, 2.05) is 38.1 Å². The Kier molecular flexibility index (Phi) is 9.49. The summed E-state index contributed by atoms with van der Waals surface area (Å²) in [6.07, 6.45) is 6.48. The Morgan fingerprint density at radius 3 is 2.31 bits per heavy atom. The average molecular weight is 515 g/mol. The number of rotatable bonds is 6. The van der Waals surface area contributed by atoms with Gasteiger partial charge in [0, 0.05) is 11.2 Å². The second kappa shape index (κ2) is 11.4. The van der Waals surface area contributed by atoms with Gasteiger partial charge in [0.2, 0.25) is 0 Å². The quantitative estimate of drug-likeness (QED) is 0.343. The van der Waals surface area contributed by atoms with Crippen molar-refractivity contribution in [3.8, 4) is 5.75 Å². The summed E-state index contributed by atoms with van der Waals surface area (Å²) >= 11 is 0. The van der Waals surface area contributed by atoms with Crippen LogP contribution >= 0.6 is 24.0 Å². The minimum atomic E-state index is 0. The molecule has 29 heavy (non-hydrogen) atoms. The van der Waals surface area contributed by atoms with Crippen molar-refractivity contribution in [3.63, 3.8) is 0 Å². The van der Waals surface area contributed by atoms with E-state index in [-0.39, 0.29) is 35.6 Å². The molecule has 164 valence electrons. The van der Waals surface area contributed by atoms with E-state index < -0.39 is 0 Å². The molecule has 0 aromatic heterocycles. The van der Waals surface area contributed by atoms with Crippen molar-refractivity contribution in [2.45, 2.75) is 57.6 Å². The normalized spacial score (nSPS) is 20.9. The van der Waals surface area contributed by atoms with E-state index in [2.05, 4.69) is 22.2 Å². The molecule has 0 saturated carbocycles. The van der Waals surface area contributed by atoms with Gasteiger partial charge in [0.25, 0.3) is 0 Å². The van der Waals surface area contributed by atoms with E-state index in [4.69, 9.17) is 15.5 Å². The predicted octanol–water partition coefficient (Wildman–Crippen LogP) is 3.77. The summed E-state index contributed by atoms with van der Waals surface area (Å²) < 4.78 is 5.69. The van der Waals surface area contributed by atoms with E-state index >= 15 is 0 Å². The van der Waals surface area contributed by atoms with E-state index in [9.17, 15) is 0 Å². The molecule has 0 spiro atoms. The van der Waals surface area contributed by atoms with Gasteiger partial charge >= 0.3 is 0 Å². The van der Waals surface area contributed by atoms with Crippen LogP contribution in [0.5, 0.6) is 5.75 Å². The van der Waals surface area contributed by atoms with Crippen LogP contribution in [0.4, 0.5) is 5.69 Å². The molecule has 2 heterocycles. The Balaban J connectivity index is 0.00000300. The topological polar surface area (TPSA) is 66.1 Å². The highest BCUT2D eigenvalue weighted by molar-refractivity contribution is 14.0. The first kappa shape index (κ1) is 24.2. The van der Waals surface area contributed by atoms with Gasteiger partial charge in [-0.05, 0) is 97.0 Å². The Bertz CT molecular complexity index is 635. The number of hydrogen-bond donors (Lipinski definition) is 2. The fourth-order valence-corrected chi connectivity index (χ4v) is 4.29. The molecule has 3 N–H and O–H groups in total. The molecular formula is C22H38IN5O. The lowest BCUT2D eigenvalue weighted by molar-refractivity contribution is 0.0209. The number of aliphatic imine (C=N–C) groups is 1. The maximum absolute atomic E-state index is 6.24. The fraction of sp³-hybridized carbons (Fsp3) is 0.682. The van der Waals surface area contributed by atoms with Crippen LogP contribution in [-0.2, 0) is 0 Å². The zero-order chi connectivity index (χ0) is 20.0. The van der Waals surface area contributed by atoms with E-state index in [0.717, 1.165) is 31.1 Å². The Hall–Kier alpha value is -1.06. The van der Waals surface area contributed by atoms with Gasteiger partial charge in [0.15, 0.2) is 5.96 Å².